The maximum absolute atomic E-state index is 12.3. The van der Waals surface area contributed by atoms with Crippen LogP contribution in [0.5, 0.6) is 0 Å². The third-order valence-corrected chi connectivity index (χ3v) is 4.16. The molecule has 3 heterocycles. The Kier molecular flexibility index (Phi) is 4.00. The minimum absolute atomic E-state index is 0.0636. The summed E-state index contributed by atoms with van der Waals surface area (Å²) in [6.45, 7) is 0.0636. The van der Waals surface area contributed by atoms with E-state index < -0.39 is 60.5 Å². The zero-order valence-electron chi connectivity index (χ0n) is 12.8. The fourth-order valence-corrected chi connectivity index (χ4v) is 3.21. The lowest BCUT2D eigenvalue weighted by molar-refractivity contribution is -0.241. The lowest BCUT2D eigenvalue weighted by Crippen LogP contribution is -2.78. The van der Waals surface area contributed by atoms with Crippen molar-refractivity contribution in [3.05, 3.63) is 0 Å². The van der Waals surface area contributed by atoms with Crippen LogP contribution in [0.25, 0.3) is 0 Å². The van der Waals surface area contributed by atoms with Gasteiger partial charge in [0.15, 0.2) is 12.0 Å². The summed E-state index contributed by atoms with van der Waals surface area (Å²) in [4.78, 5) is 72.8. The van der Waals surface area contributed by atoms with E-state index in [0.29, 0.717) is 9.80 Å². The van der Waals surface area contributed by atoms with Crippen molar-refractivity contribution >= 4 is 35.7 Å². The number of hydrogen-bond acceptors (Lipinski definition) is 8. The zero-order valence-corrected chi connectivity index (χ0v) is 12.8. The molecule has 3 fully saturated rings. The van der Waals surface area contributed by atoms with Gasteiger partial charge in [-0.3, -0.25) is 29.8 Å². The fourth-order valence-electron chi connectivity index (χ4n) is 3.21. The van der Waals surface area contributed by atoms with Gasteiger partial charge in [-0.1, -0.05) is 0 Å². The largest absolute Gasteiger partial charge is 0.365 e. The molecule has 0 aromatic heterocycles. The van der Waals surface area contributed by atoms with Crippen molar-refractivity contribution in [2.24, 2.45) is 0 Å². The Hall–Kier alpha value is -2.86. The van der Waals surface area contributed by atoms with Gasteiger partial charge in [0.25, 0.3) is 0 Å². The van der Waals surface area contributed by atoms with Gasteiger partial charge in [0, 0.05) is 0 Å². The van der Waals surface area contributed by atoms with E-state index >= 15 is 0 Å². The molecule has 0 radical (unpaired) electrons. The van der Waals surface area contributed by atoms with Crippen LogP contribution in [0.1, 0.15) is 25.7 Å². The Morgan fingerprint density at radius 2 is 1.40 bits per heavy atom. The number of nitrogens with one attached hydrogen (secondary N) is 2. The van der Waals surface area contributed by atoms with Crippen molar-refractivity contribution in [2.75, 3.05) is 6.61 Å². The molecule has 12 nitrogen and oxygen atoms in total. The number of amides is 8. The molecule has 3 rings (SSSR count). The second kappa shape index (κ2) is 5.89. The lowest BCUT2D eigenvalue weighted by atomic mass is 9.93. The van der Waals surface area contributed by atoms with Crippen LogP contribution in [0.3, 0.4) is 0 Å². The molecule has 8 amide bonds. The number of barbiturate groups is 2. The standard InChI is InChI=1S/C13H14N4O8/c18-6-4-8(20)16(11(23)14-6)13(2-1-3-25-10(13)22)17-9(21)5-7(19)15-12(17)24/h10,22H,1-5H2,(H,14,18,23)(H,15,19,24). The second-order valence-corrected chi connectivity index (χ2v) is 5.72. The van der Waals surface area contributed by atoms with Crippen molar-refractivity contribution in [1.29, 1.82) is 0 Å². The summed E-state index contributed by atoms with van der Waals surface area (Å²) < 4.78 is 5.09. The molecule has 0 aliphatic carbocycles. The molecule has 0 saturated carbocycles. The molecule has 12 heteroatoms. The highest BCUT2D eigenvalue weighted by Gasteiger charge is 2.61. The zero-order chi connectivity index (χ0) is 18.4. The minimum Gasteiger partial charge on any atom is -0.365 e. The maximum Gasteiger partial charge on any atom is 0.332 e. The molecular formula is C13H14N4O8. The van der Waals surface area contributed by atoms with Crippen LogP contribution >= 0.6 is 0 Å². The first-order valence-electron chi connectivity index (χ1n) is 7.41. The summed E-state index contributed by atoms with van der Waals surface area (Å²) in [5, 5.41) is 14.2. The monoisotopic (exact) mass is 354 g/mol. The molecule has 0 bridgehead atoms. The van der Waals surface area contributed by atoms with Crippen LogP contribution in [0.4, 0.5) is 9.59 Å². The Bertz CT molecular complexity index is 616. The maximum atomic E-state index is 12.3. The normalized spacial score (nSPS) is 27.3. The van der Waals surface area contributed by atoms with Crippen LogP contribution in [0, 0.1) is 0 Å². The van der Waals surface area contributed by atoms with Crippen molar-refractivity contribution in [1.82, 2.24) is 20.4 Å². The van der Waals surface area contributed by atoms with E-state index in [9.17, 15) is 33.9 Å². The first kappa shape index (κ1) is 17.0. The van der Waals surface area contributed by atoms with Gasteiger partial charge in [0.05, 0.1) is 6.61 Å². The van der Waals surface area contributed by atoms with Gasteiger partial charge >= 0.3 is 12.1 Å². The van der Waals surface area contributed by atoms with Gasteiger partial charge < -0.3 is 9.84 Å². The quantitative estimate of drug-likeness (QED) is 0.468. The number of rotatable bonds is 2. The summed E-state index contributed by atoms with van der Waals surface area (Å²) in [7, 11) is 0. The highest BCUT2D eigenvalue weighted by molar-refractivity contribution is 6.17. The average Bonchev–Trinajstić information content (AvgIpc) is 2.47. The van der Waals surface area contributed by atoms with E-state index in [4.69, 9.17) is 4.74 Å². The molecule has 3 saturated heterocycles. The van der Waals surface area contributed by atoms with E-state index in [0.717, 1.165) is 0 Å². The topological polar surface area (TPSA) is 162 Å². The summed E-state index contributed by atoms with van der Waals surface area (Å²) in [6.07, 6.45) is -3.28. The van der Waals surface area contributed by atoms with Gasteiger partial charge in [0.1, 0.15) is 12.8 Å². The lowest BCUT2D eigenvalue weighted by Gasteiger charge is -2.52. The molecule has 25 heavy (non-hydrogen) atoms. The summed E-state index contributed by atoms with van der Waals surface area (Å²) in [5.41, 5.74) is -2.19. The first-order chi connectivity index (χ1) is 11.8. The summed E-state index contributed by atoms with van der Waals surface area (Å²) >= 11 is 0. The number of hydrogen-bond donors (Lipinski definition) is 3. The summed E-state index contributed by atoms with van der Waals surface area (Å²) in [5.74, 6) is -3.71. The second-order valence-electron chi connectivity index (χ2n) is 5.72. The van der Waals surface area contributed by atoms with E-state index in [2.05, 4.69) is 0 Å². The smallest absolute Gasteiger partial charge is 0.332 e. The van der Waals surface area contributed by atoms with Crippen LogP contribution in [-0.2, 0) is 23.9 Å². The van der Waals surface area contributed by atoms with Crippen molar-refractivity contribution in [3.63, 3.8) is 0 Å². The van der Waals surface area contributed by atoms with E-state index in [-0.39, 0.29) is 19.4 Å². The molecule has 3 N–H and O–H groups in total. The number of imide groups is 4. The Morgan fingerprint density at radius 3 is 1.80 bits per heavy atom. The van der Waals surface area contributed by atoms with Gasteiger partial charge in [-0.15, -0.1) is 0 Å². The molecule has 0 spiro atoms. The van der Waals surface area contributed by atoms with Gasteiger partial charge in [-0.25, -0.2) is 19.4 Å². The molecule has 0 aromatic carbocycles. The van der Waals surface area contributed by atoms with E-state index in [1.807, 2.05) is 10.6 Å². The highest BCUT2D eigenvalue weighted by atomic mass is 16.6. The fraction of sp³-hybridized carbons (Fsp3) is 0.538. The van der Waals surface area contributed by atoms with Gasteiger partial charge in [0.2, 0.25) is 23.6 Å². The Labute approximate surface area is 140 Å². The average molecular weight is 354 g/mol. The van der Waals surface area contributed by atoms with E-state index in [1.54, 1.807) is 0 Å². The van der Waals surface area contributed by atoms with Crippen molar-refractivity contribution in [2.45, 2.75) is 37.6 Å². The Balaban J connectivity index is 2.11. The van der Waals surface area contributed by atoms with Gasteiger partial charge in [-0.05, 0) is 12.8 Å². The SMILES string of the molecule is O=C1CC(=O)N(C2(N3C(=O)CC(=O)NC3=O)CCCOC2O)C(=O)N1. The number of nitrogens with zero attached hydrogens (tertiary/aromatic N) is 2. The van der Waals surface area contributed by atoms with Crippen LogP contribution in [-0.4, -0.2) is 69.2 Å². The predicted octanol–water partition coefficient (Wildman–Crippen LogP) is -2.25. The van der Waals surface area contributed by atoms with E-state index in [1.165, 1.54) is 0 Å². The third-order valence-electron chi connectivity index (χ3n) is 4.16. The van der Waals surface area contributed by atoms with Crippen molar-refractivity contribution in [3.8, 4) is 0 Å². The number of ether oxygens (including phenoxy) is 1. The van der Waals surface area contributed by atoms with Gasteiger partial charge in [-0.2, -0.15) is 0 Å². The molecule has 134 valence electrons. The molecule has 3 aliphatic heterocycles. The number of carbonyl (C=O) groups is 6. The van der Waals surface area contributed by atoms with Crippen molar-refractivity contribution < 1.29 is 38.6 Å². The minimum atomic E-state index is -2.19. The molecule has 1 atom stereocenters. The Morgan fingerprint density at radius 1 is 0.920 bits per heavy atom. The number of aliphatic hydroxyl groups excluding tert-OH is 1. The first-order valence-corrected chi connectivity index (χ1v) is 7.41. The molecule has 1 unspecified atom stereocenters. The molecule has 3 aliphatic rings. The third kappa shape index (κ3) is 2.55. The van der Waals surface area contributed by atoms with Crippen LogP contribution in [0.15, 0.2) is 0 Å². The van der Waals surface area contributed by atoms with Crippen LogP contribution < -0.4 is 10.6 Å². The molecular weight excluding hydrogens is 340 g/mol. The highest BCUT2D eigenvalue weighted by Crippen LogP contribution is 2.37. The number of carbonyl (C=O) groups excluding carboxylic acids is 6. The van der Waals surface area contributed by atoms with Crippen LogP contribution in [0.2, 0.25) is 0 Å². The molecule has 0 aromatic rings. The number of urea groups is 2. The number of aliphatic hydroxyl groups is 1. The predicted molar refractivity (Wildman–Crippen MR) is 73.9 cm³/mol. The summed E-state index contributed by atoms with van der Waals surface area (Å²) in [6, 6.07) is -2.38.